The second-order valence-corrected chi connectivity index (χ2v) is 6.80. The molecule has 3 rings (SSSR count). The standard InChI is InChI=1S/C23H25N3O3/c1-4-13-26(15-22(27)25-20-11-7-8-12-21(20)29-3)23(28)18-14-16(2)24-19-10-6-5-9-17(18)19/h5-12,14H,4,13,15H2,1-3H3,(H,25,27). The zero-order valence-electron chi connectivity index (χ0n) is 16.9. The van der Waals surface area contributed by atoms with Crippen LogP contribution in [-0.4, -0.2) is 41.9 Å². The minimum absolute atomic E-state index is 0.0413. The summed E-state index contributed by atoms with van der Waals surface area (Å²) in [5.74, 6) is 0.125. The van der Waals surface area contributed by atoms with Crippen LogP contribution in [0.25, 0.3) is 10.9 Å². The summed E-state index contributed by atoms with van der Waals surface area (Å²) in [6.07, 6.45) is 0.746. The van der Waals surface area contributed by atoms with Crippen molar-refractivity contribution in [1.29, 1.82) is 0 Å². The topological polar surface area (TPSA) is 71.5 Å². The number of aryl methyl sites for hydroxylation is 1. The number of ether oxygens (including phenoxy) is 1. The lowest BCUT2D eigenvalue weighted by atomic mass is 10.1. The zero-order chi connectivity index (χ0) is 20.8. The number of fused-ring (bicyclic) bond motifs is 1. The Labute approximate surface area is 170 Å². The summed E-state index contributed by atoms with van der Waals surface area (Å²) >= 11 is 0. The first-order valence-electron chi connectivity index (χ1n) is 9.62. The number of hydrogen-bond donors (Lipinski definition) is 1. The van der Waals surface area contributed by atoms with E-state index < -0.39 is 0 Å². The number of benzene rings is 2. The summed E-state index contributed by atoms with van der Waals surface area (Å²) in [6.45, 7) is 4.28. The Morgan fingerprint density at radius 3 is 2.59 bits per heavy atom. The second kappa shape index (κ2) is 9.19. The number of aromatic nitrogens is 1. The van der Waals surface area contributed by atoms with Gasteiger partial charge in [0, 0.05) is 17.6 Å². The maximum atomic E-state index is 13.3. The van der Waals surface area contributed by atoms with E-state index in [2.05, 4.69) is 10.3 Å². The molecule has 1 N–H and O–H groups in total. The van der Waals surface area contributed by atoms with Crippen molar-refractivity contribution in [3.8, 4) is 5.75 Å². The highest BCUT2D eigenvalue weighted by Crippen LogP contribution is 2.23. The van der Waals surface area contributed by atoms with E-state index in [9.17, 15) is 9.59 Å². The van der Waals surface area contributed by atoms with Gasteiger partial charge in [0.25, 0.3) is 5.91 Å². The predicted molar refractivity (Wildman–Crippen MR) is 114 cm³/mol. The van der Waals surface area contributed by atoms with Crippen LogP contribution >= 0.6 is 0 Å². The maximum Gasteiger partial charge on any atom is 0.255 e. The minimum atomic E-state index is -0.272. The molecule has 1 heterocycles. The Kier molecular flexibility index (Phi) is 6.44. The van der Waals surface area contributed by atoms with Gasteiger partial charge in [-0.2, -0.15) is 0 Å². The molecule has 0 aliphatic carbocycles. The van der Waals surface area contributed by atoms with Gasteiger partial charge in [-0.15, -0.1) is 0 Å². The predicted octanol–water partition coefficient (Wildman–Crippen LogP) is 4.04. The van der Waals surface area contributed by atoms with E-state index in [0.717, 1.165) is 23.0 Å². The van der Waals surface area contributed by atoms with E-state index in [1.807, 2.05) is 50.2 Å². The number of para-hydroxylation sites is 3. The Morgan fingerprint density at radius 2 is 1.83 bits per heavy atom. The fourth-order valence-electron chi connectivity index (χ4n) is 3.29. The number of methoxy groups -OCH3 is 1. The van der Waals surface area contributed by atoms with Crippen molar-refractivity contribution >= 4 is 28.4 Å². The SMILES string of the molecule is CCCN(CC(=O)Nc1ccccc1OC)C(=O)c1cc(C)nc2ccccc12. The van der Waals surface area contributed by atoms with Crippen LogP contribution in [0.4, 0.5) is 5.69 Å². The van der Waals surface area contributed by atoms with Crippen molar-refractivity contribution in [1.82, 2.24) is 9.88 Å². The number of nitrogens with zero attached hydrogens (tertiary/aromatic N) is 2. The van der Waals surface area contributed by atoms with Crippen LogP contribution < -0.4 is 10.1 Å². The molecule has 6 nitrogen and oxygen atoms in total. The Balaban J connectivity index is 1.84. The maximum absolute atomic E-state index is 13.3. The first kappa shape index (κ1) is 20.3. The van der Waals surface area contributed by atoms with Gasteiger partial charge < -0.3 is 15.0 Å². The van der Waals surface area contributed by atoms with E-state index in [4.69, 9.17) is 4.74 Å². The molecule has 150 valence electrons. The lowest BCUT2D eigenvalue weighted by Gasteiger charge is -2.23. The molecule has 0 radical (unpaired) electrons. The molecule has 2 amide bonds. The molecule has 0 bridgehead atoms. The zero-order valence-corrected chi connectivity index (χ0v) is 16.9. The number of rotatable bonds is 7. The number of anilines is 1. The third kappa shape index (κ3) is 4.71. The molecule has 2 aromatic carbocycles. The number of hydrogen-bond acceptors (Lipinski definition) is 4. The highest BCUT2D eigenvalue weighted by molar-refractivity contribution is 6.07. The van der Waals surface area contributed by atoms with Gasteiger partial charge in [0.1, 0.15) is 12.3 Å². The molecule has 0 saturated heterocycles. The number of amides is 2. The Hall–Kier alpha value is -3.41. The fourth-order valence-corrected chi connectivity index (χ4v) is 3.29. The number of pyridine rings is 1. The fraction of sp³-hybridized carbons (Fsp3) is 0.261. The quantitative estimate of drug-likeness (QED) is 0.660. The first-order chi connectivity index (χ1) is 14.0. The highest BCUT2D eigenvalue weighted by atomic mass is 16.5. The highest BCUT2D eigenvalue weighted by Gasteiger charge is 2.21. The largest absolute Gasteiger partial charge is 0.495 e. The van der Waals surface area contributed by atoms with Crippen LogP contribution in [0.1, 0.15) is 29.4 Å². The van der Waals surface area contributed by atoms with Gasteiger partial charge in [-0.05, 0) is 37.6 Å². The molecule has 0 fully saturated rings. The van der Waals surface area contributed by atoms with E-state index in [0.29, 0.717) is 23.5 Å². The van der Waals surface area contributed by atoms with Gasteiger partial charge in [-0.1, -0.05) is 37.3 Å². The van der Waals surface area contributed by atoms with Crippen molar-refractivity contribution < 1.29 is 14.3 Å². The molecule has 0 aliphatic heterocycles. The van der Waals surface area contributed by atoms with Crippen molar-refractivity contribution in [3.63, 3.8) is 0 Å². The smallest absolute Gasteiger partial charge is 0.255 e. The van der Waals surface area contributed by atoms with Crippen molar-refractivity contribution in [2.75, 3.05) is 25.5 Å². The lowest BCUT2D eigenvalue weighted by molar-refractivity contribution is -0.116. The summed E-state index contributed by atoms with van der Waals surface area (Å²) in [5, 5.41) is 3.62. The molecule has 0 unspecified atom stereocenters. The number of nitrogens with one attached hydrogen (secondary N) is 1. The molecule has 0 spiro atoms. The molecular formula is C23H25N3O3. The van der Waals surface area contributed by atoms with E-state index in [-0.39, 0.29) is 18.4 Å². The second-order valence-electron chi connectivity index (χ2n) is 6.80. The van der Waals surface area contributed by atoms with Gasteiger partial charge in [-0.25, -0.2) is 0 Å². The van der Waals surface area contributed by atoms with Gasteiger partial charge >= 0.3 is 0 Å². The average molecular weight is 391 g/mol. The van der Waals surface area contributed by atoms with Crippen molar-refractivity contribution in [2.24, 2.45) is 0 Å². The van der Waals surface area contributed by atoms with Gasteiger partial charge in [0.15, 0.2) is 0 Å². The summed E-state index contributed by atoms with van der Waals surface area (Å²) in [6, 6.07) is 16.5. The third-order valence-corrected chi connectivity index (χ3v) is 4.57. The van der Waals surface area contributed by atoms with Crippen LogP contribution in [0, 0.1) is 6.92 Å². The van der Waals surface area contributed by atoms with Crippen LogP contribution in [0.3, 0.4) is 0 Å². The normalized spacial score (nSPS) is 10.6. The molecule has 0 aliphatic rings. The average Bonchev–Trinajstić information content (AvgIpc) is 2.72. The molecule has 0 saturated carbocycles. The molecule has 0 atom stereocenters. The third-order valence-electron chi connectivity index (χ3n) is 4.57. The first-order valence-corrected chi connectivity index (χ1v) is 9.62. The van der Waals surface area contributed by atoms with Crippen LogP contribution in [0.15, 0.2) is 54.6 Å². The van der Waals surface area contributed by atoms with Gasteiger partial charge in [-0.3, -0.25) is 14.6 Å². The Morgan fingerprint density at radius 1 is 1.10 bits per heavy atom. The summed E-state index contributed by atoms with van der Waals surface area (Å²) in [5.41, 5.74) is 2.67. The van der Waals surface area contributed by atoms with Crippen LogP contribution in [0.5, 0.6) is 5.75 Å². The monoisotopic (exact) mass is 391 g/mol. The molecule has 29 heavy (non-hydrogen) atoms. The lowest BCUT2D eigenvalue weighted by Crippen LogP contribution is -2.38. The molecular weight excluding hydrogens is 366 g/mol. The summed E-state index contributed by atoms with van der Waals surface area (Å²) in [7, 11) is 1.55. The number of carbonyl (C=O) groups is 2. The molecule has 6 heteroatoms. The van der Waals surface area contributed by atoms with E-state index in [1.165, 1.54) is 0 Å². The Bertz CT molecular complexity index is 1030. The van der Waals surface area contributed by atoms with Crippen LogP contribution in [0.2, 0.25) is 0 Å². The molecule has 3 aromatic rings. The summed E-state index contributed by atoms with van der Waals surface area (Å²) in [4.78, 5) is 32.0. The van der Waals surface area contributed by atoms with E-state index in [1.54, 1.807) is 30.2 Å². The van der Waals surface area contributed by atoms with E-state index >= 15 is 0 Å². The van der Waals surface area contributed by atoms with Crippen molar-refractivity contribution in [2.45, 2.75) is 20.3 Å². The van der Waals surface area contributed by atoms with Crippen molar-refractivity contribution in [3.05, 3.63) is 65.9 Å². The molecule has 1 aromatic heterocycles. The summed E-state index contributed by atoms with van der Waals surface area (Å²) < 4.78 is 5.27. The van der Waals surface area contributed by atoms with Gasteiger partial charge in [0.2, 0.25) is 5.91 Å². The van der Waals surface area contributed by atoms with Gasteiger partial charge in [0.05, 0.1) is 23.9 Å². The van der Waals surface area contributed by atoms with Crippen LogP contribution in [-0.2, 0) is 4.79 Å². The minimum Gasteiger partial charge on any atom is -0.495 e. The number of carbonyl (C=O) groups excluding carboxylic acids is 2.